The van der Waals surface area contributed by atoms with Crippen molar-refractivity contribution in [2.75, 3.05) is 0 Å². The van der Waals surface area contributed by atoms with Crippen molar-refractivity contribution < 1.29 is 0 Å². The van der Waals surface area contributed by atoms with Crippen molar-refractivity contribution >= 4 is 64.7 Å². The molecule has 4 nitrogen and oxygen atoms in total. The van der Waals surface area contributed by atoms with Crippen LogP contribution in [-0.2, 0) is 0 Å². The summed E-state index contributed by atoms with van der Waals surface area (Å²) in [4.78, 5) is 7.48. The fourth-order valence-electron chi connectivity index (χ4n) is 6.22. The van der Waals surface area contributed by atoms with Crippen molar-refractivity contribution in [1.29, 1.82) is 5.26 Å². The fraction of sp³-hybridized carbons (Fsp3) is 0. The van der Waals surface area contributed by atoms with Crippen molar-refractivity contribution in [1.82, 2.24) is 4.57 Å². The minimum atomic E-state index is 0.538. The molecular formula is C39H20N4S. The summed E-state index contributed by atoms with van der Waals surface area (Å²) in [6.07, 6.45) is 0. The molecule has 5 heteroatoms. The van der Waals surface area contributed by atoms with Gasteiger partial charge < -0.3 is 4.57 Å². The van der Waals surface area contributed by atoms with Gasteiger partial charge in [0, 0.05) is 31.2 Å². The van der Waals surface area contributed by atoms with Gasteiger partial charge in [-0.2, -0.15) is 5.26 Å². The molecule has 0 amide bonds. The van der Waals surface area contributed by atoms with Crippen molar-refractivity contribution in [3.8, 4) is 34.0 Å². The summed E-state index contributed by atoms with van der Waals surface area (Å²) < 4.78 is 4.67. The Hall–Kier alpha value is -6.19. The van der Waals surface area contributed by atoms with E-state index in [1.807, 2.05) is 59.9 Å². The van der Waals surface area contributed by atoms with Gasteiger partial charge in [-0.15, -0.1) is 11.3 Å². The predicted molar refractivity (Wildman–Crippen MR) is 182 cm³/mol. The molecule has 0 saturated heterocycles. The van der Waals surface area contributed by atoms with Crippen LogP contribution in [0.4, 0.5) is 11.4 Å². The Bertz CT molecular complexity index is 2530. The highest BCUT2D eigenvalue weighted by molar-refractivity contribution is 7.26. The molecule has 202 valence electrons. The number of rotatable bonds is 3. The van der Waals surface area contributed by atoms with E-state index in [0.29, 0.717) is 16.9 Å². The molecular weight excluding hydrogens is 557 g/mol. The number of hydrogen-bond donors (Lipinski definition) is 0. The molecule has 2 aromatic heterocycles. The van der Waals surface area contributed by atoms with Gasteiger partial charge in [-0.25, -0.2) is 9.69 Å². The van der Waals surface area contributed by atoms with Crippen LogP contribution in [0.3, 0.4) is 0 Å². The zero-order valence-corrected chi connectivity index (χ0v) is 24.1. The van der Waals surface area contributed by atoms with E-state index in [0.717, 1.165) is 44.2 Å². The lowest BCUT2D eigenvalue weighted by Crippen LogP contribution is -1.94. The van der Waals surface area contributed by atoms with Crippen molar-refractivity contribution in [2.45, 2.75) is 0 Å². The maximum absolute atomic E-state index is 9.59. The summed E-state index contributed by atoms with van der Waals surface area (Å²) in [7, 11) is 0. The van der Waals surface area contributed by atoms with E-state index in [1.54, 1.807) is 0 Å². The lowest BCUT2D eigenvalue weighted by Gasteiger charge is -2.13. The second kappa shape index (κ2) is 9.97. The summed E-state index contributed by atoms with van der Waals surface area (Å²) in [6.45, 7) is 15.5. The maximum atomic E-state index is 9.59. The van der Waals surface area contributed by atoms with Gasteiger partial charge in [0.2, 0.25) is 0 Å². The molecule has 0 radical (unpaired) electrons. The van der Waals surface area contributed by atoms with Crippen LogP contribution in [0.15, 0.2) is 121 Å². The molecule has 6 aromatic carbocycles. The minimum absolute atomic E-state index is 0.538. The normalized spacial score (nSPS) is 11.1. The largest absolute Gasteiger partial charge is 0.311 e. The van der Waals surface area contributed by atoms with Crippen molar-refractivity contribution in [3.05, 3.63) is 150 Å². The van der Waals surface area contributed by atoms with E-state index in [-0.39, 0.29) is 0 Å². The fourth-order valence-corrected chi connectivity index (χ4v) is 7.46. The highest BCUT2D eigenvalue weighted by atomic mass is 32.1. The molecule has 0 bridgehead atoms. The van der Waals surface area contributed by atoms with E-state index < -0.39 is 0 Å². The zero-order valence-electron chi connectivity index (χ0n) is 23.2. The third-order valence-electron chi connectivity index (χ3n) is 8.21. The smallest absolute Gasteiger partial charge is 0.189 e. The summed E-state index contributed by atoms with van der Waals surface area (Å²) in [5.74, 6) is 0. The third-order valence-corrected chi connectivity index (χ3v) is 9.43. The zero-order chi connectivity index (χ0) is 29.8. The highest BCUT2D eigenvalue weighted by Crippen LogP contribution is 2.41. The van der Waals surface area contributed by atoms with E-state index in [2.05, 4.69) is 93.1 Å². The van der Waals surface area contributed by atoms with Gasteiger partial charge in [-0.1, -0.05) is 60.7 Å². The predicted octanol–water partition coefficient (Wildman–Crippen LogP) is 11.5. The average Bonchev–Trinajstić information content (AvgIpc) is 3.63. The molecule has 0 aliphatic rings. The second-order valence-corrected chi connectivity index (χ2v) is 11.8. The van der Waals surface area contributed by atoms with Crippen LogP contribution in [0, 0.1) is 24.5 Å². The van der Waals surface area contributed by atoms with Crippen LogP contribution in [0.1, 0.15) is 5.56 Å². The number of thiophene rings is 1. The standard InChI is InChI=1S/C39H20N4S/c1-41-28-14-16-37-35(22-28)34-17-24(23-40)13-15-36(34)43(37)30-20-27(19-29(21-30)42-2)25-7-5-8-26(18-25)31-10-6-11-33-32-9-3-4-12-38(32)44-39(31)33/h3-22H. The Morgan fingerprint density at radius 3 is 2.18 bits per heavy atom. The van der Waals surface area contributed by atoms with Gasteiger partial charge >= 0.3 is 0 Å². The third kappa shape index (κ3) is 3.95. The molecule has 8 rings (SSSR count). The number of nitriles is 1. The van der Waals surface area contributed by atoms with E-state index in [1.165, 1.54) is 25.7 Å². The first-order chi connectivity index (χ1) is 21.6. The van der Waals surface area contributed by atoms with Crippen molar-refractivity contribution in [3.63, 3.8) is 0 Å². The summed E-state index contributed by atoms with van der Waals surface area (Å²) in [5.41, 5.74) is 8.61. The van der Waals surface area contributed by atoms with Gasteiger partial charge in [0.25, 0.3) is 0 Å². The number of hydrogen-bond acceptors (Lipinski definition) is 2. The van der Waals surface area contributed by atoms with Crippen LogP contribution < -0.4 is 0 Å². The lowest BCUT2D eigenvalue weighted by atomic mass is 9.97. The van der Waals surface area contributed by atoms with Gasteiger partial charge in [0.15, 0.2) is 11.4 Å². The first-order valence-electron chi connectivity index (χ1n) is 14.0. The summed E-state index contributed by atoms with van der Waals surface area (Å²) >= 11 is 1.82. The lowest BCUT2D eigenvalue weighted by molar-refractivity contribution is 1.18. The van der Waals surface area contributed by atoms with Crippen LogP contribution in [0.5, 0.6) is 0 Å². The number of aromatic nitrogens is 1. The second-order valence-electron chi connectivity index (χ2n) is 10.7. The minimum Gasteiger partial charge on any atom is -0.311 e. The first kappa shape index (κ1) is 25.5. The molecule has 0 unspecified atom stereocenters. The Morgan fingerprint density at radius 1 is 0.591 bits per heavy atom. The maximum Gasteiger partial charge on any atom is 0.189 e. The first-order valence-corrected chi connectivity index (χ1v) is 14.9. The van der Waals surface area contributed by atoms with E-state index in [9.17, 15) is 5.26 Å². The Balaban J connectivity index is 1.33. The molecule has 8 aromatic rings. The molecule has 0 N–H and O–H groups in total. The Kier molecular flexibility index (Phi) is 5.78. The van der Waals surface area contributed by atoms with Crippen LogP contribution in [-0.4, -0.2) is 4.57 Å². The molecule has 2 heterocycles. The average molecular weight is 577 g/mol. The van der Waals surface area contributed by atoms with Gasteiger partial charge in [-0.3, -0.25) is 0 Å². The van der Waals surface area contributed by atoms with Crippen LogP contribution >= 0.6 is 11.3 Å². The van der Waals surface area contributed by atoms with Crippen LogP contribution in [0.2, 0.25) is 0 Å². The van der Waals surface area contributed by atoms with Crippen LogP contribution in [0.25, 0.3) is 79.6 Å². The molecule has 0 spiro atoms. The molecule has 44 heavy (non-hydrogen) atoms. The van der Waals surface area contributed by atoms with E-state index >= 15 is 0 Å². The van der Waals surface area contributed by atoms with Gasteiger partial charge in [0.1, 0.15) is 0 Å². The SMILES string of the molecule is [C-]#[N+]c1cc(-c2cccc(-c3cccc4c3sc3ccccc34)c2)cc(-n2c3ccc(C#N)cc3c3cc([N+]#[C-])ccc32)c1. The molecule has 0 saturated carbocycles. The monoisotopic (exact) mass is 576 g/mol. The quantitative estimate of drug-likeness (QED) is 0.193. The summed E-state index contributed by atoms with van der Waals surface area (Å²) in [5, 5.41) is 13.9. The Morgan fingerprint density at radius 2 is 1.34 bits per heavy atom. The van der Waals surface area contributed by atoms with Crippen molar-refractivity contribution in [2.24, 2.45) is 0 Å². The van der Waals surface area contributed by atoms with Gasteiger partial charge in [0.05, 0.1) is 35.8 Å². The van der Waals surface area contributed by atoms with E-state index in [4.69, 9.17) is 13.1 Å². The summed E-state index contributed by atoms with van der Waals surface area (Å²) in [6, 6.07) is 43.0. The Labute approximate surface area is 257 Å². The molecule has 0 aliphatic heterocycles. The highest BCUT2D eigenvalue weighted by Gasteiger charge is 2.16. The molecule has 0 atom stereocenters. The molecule has 0 fully saturated rings. The number of nitrogens with zero attached hydrogens (tertiary/aromatic N) is 4. The topological polar surface area (TPSA) is 37.4 Å². The number of benzene rings is 6. The number of fused-ring (bicyclic) bond motifs is 6. The van der Waals surface area contributed by atoms with Gasteiger partial charge in [-0.05, 0) is 88.3 Å². The molecule has 0 aliphatic carbocycles.